The van der Waals surface area contributed by atoms with Crippen molar-refractivity contribution in [1.82, 2.24) is 0 Å². The molecule has 0 spiro atoms. The van der Waals surface area contributed by atoms with E-state index in [0.717, 1.165) is 24.3 Å². The first kappa shape index (κ1) is 11.7. The lowest BCUT2D eigenvalue weighted by Gasteiger charge is -2.28. The Kier molecular flexibility index (Phi) is 3.69. The molecule has 0 bridgehead atoms. The second kappa shape index (κ2) is 5.04. The summed E-state index contributed by atoms with van der Waals surface area (Å²) < 4.78 is 13.8. The van der Waals surface area contributed by atoms with E-state index in [2.05, 4.69) is 33.5 Å². The molecule has 0 fully saturated rings. The Morgan fingerprint density at radius 3 is 3.00 bits per heavy atom. The zero-order valence-corrected chi connectivity index (χ0v) is 10.9. The van der Waals surface area contributed by atoms with Crippen LogP contribution in [0.25, 0.3) is 0 Å². The molecule has 0 saturated heterocycles. The molecule has 0 radical (unpaired) electrons. The van der Waals surface area contributed by atoms with E-state index in [0.29, 0.717) is 10.5 Å². The number of halogens is 2. The van der Waals surface area contributed by atoms with Gasteiger partial charge in [0.25, 0.3) is 0 Å². The molecule has 2 rings (SSSR count). The molecule has 88 valence electrons. The normalized spacial score (nSPS) is 18.6. The summed E-state index contributed by atoms with van der Waals surface area (Å²) in [6.07, 6.45) is 3.58. The van der Waals surface area contributed by atoms with E-state index in [1.807, 2.05) is 0 Å². The maximum absolute atomic E-state index is 13.3. The van der Waals surface area contributed by atoms with E-state index in [1.54, 1.807) is 6.07 Å². The molecule has 1 aromatic carbocycles. The van der Waals surface area contributed by atoms with Crippen molar-refractivity contribution >= 4 is 27.3 Å². The minimum atomic E-state index is -0.222. The molecule has 1 aliphatic rings. The Labute approximate surface area is 104 Å². The predicted molar refractivity (Wildman–Crippen MR) is 69.5 cm³/mol. The molecule has 1 aliphatic heterocycles. The predicted octanol–water partition coefficient (Wildman–Crippen LogP) is 3.98. The van der Waals surface area contributed by atoms with Crippen LogP contribution in [0.3, 0.4) is 0 Å². The van der Waals surface area contributed by atoms with Gasteiger partial charge < -0.3 is 10.6 Å². The second-order valence-electron chi connectivity index (χ2n) is 4.18. The van der Waals surface area contributed by atoms with Gasteiger partial charge in [0.2, 0.25) is 0 Å². The first-order valence-electron chi connectivity index (χ1n) is 5.70. The fraction of sp³-hybridized carbons (Fsp3) is 0.500. The van der Waals surface area contributed by atoms with Crippen LogP contribution in [-0.4, -0.2) is 12.6 Å². The van der Waals surface area contributed by atoms with Crippen LogP contribution in [0.5, 0.6) is 0 Å². The molecule has 1 unspecified atom stereocenters. The fourth-order valence-corrected chi connectivity index (χ4v) is 2.28. The Morgan fingerprint density at radius 2 is 2.25 bits per heavy atom. The number of hydrogen-bond acceptors (Lipinski definition) is 2. The van der Waals surface area contributed by atoms with Crippen molar-refractivity contribution in [2.45, 2.75) is 32.2 Å². The molecule has 4 heteroatoms. The lowest BCUT2D eigenvalue weighted by atomic mass is 10.1. The van der Waals surface area contributed by atoms with Crippen LogP contribution in [-0.2, 0) is 0 Å². The standard InChI is InChI=1S/C12H16BrFN2/c1-2-3-4-8-7-15-11-6-10(14)9(13)5-12(11)16-8/h5-6,8,15-16H,2-4,7H2,1H3. The monoisotopic (exact) mass is 286 g/mol. The largest absolute Gasteiger partial charge is 0.381 e. The number of hydrogen-bond donors (Lipinski definition) is 2. The summed E-state index contributed by atoms with van der Waals surface area (Å²) in [5.41, 5.74) is 1.84. The summed E-state index contributed by atoms with van der Waals surface area (Å²) in [5.74, 6) is -0.222. The van der Waals surface area contributed by atoms with Crippen LogP contribution in [0.2, 0.25) is 0 Å². The van der Waals surface area contributed by atoms with Crippen molar-refractivity contribution in [1.29, 1.82) is 0 Å². The van der Waals surface area contributed by atoms with E-state index in [-0.39, 0.29) is 5.82 Å². The van der Waals surface area contributed by atoms with E-state index < -0.39 is 0 Å². The van der Waals surface area contributed by atoms with Gasteiger partial charge in [-0.3, -0.25) is 0 Å². The Balaban J connectivity index is 2.11. The fourth-order valence-electron chi connectivity index (χ4n) is 1.94. The van der Waals surface area contributed by atoms with Crippen molar-refractivity contribution in [2.75, 3.05) is 17.2 Å². The molecule has 2 N–H and O–H groups in total. The zero-order valence-electron chi connectivity index (χ0n) is 9.32. The molecule has 0 aromatic heterocycles. The zero-order chi connectivity index (χ0) is 11.5. The lowest BCUT2D eigenvalue weighted by Crippen LogP contribution is -2.32. The quantitative estimate of drug-likeness (QED) is 0.878. The van der Waals surface area contributed by atoms with Crippen molar-refractivity contribution in [3.05, 3.63) is 22.4 Å². The first-order valence-corrected chi connectivity index (χ1v) is 6.49. The highest BCUT2D eigenvalue weighted by Crippen LogP contribution is 2.32. The Hall–Kier alpha value is -0.770. The van der Waals surface area contributed by atoms with Crippen molar-refractivity contribution in [3.8, 4) is 0 Å². The number of anilines is 2. The van der Waals surface area contributed by atoms with Gasteiger partial charge in [-0.15, -0.1) is 0 Å². The third-order valence-electron chi connectivity index (χ3n) is 2.87. The summed E-state index contributed by atoms with van der Waals surface area (Å²) >= 11 is 3.20. The molecule has 1 atom stereocenters. The number of rotatable bonds is 3. The molecule has 0 aliphatic carbocycles. The average Bonchev–Trinajstić information content (AvgIpc) is 2.28. The third kappa shape index (κ3) is 2.48. The number of fused-ring (bicyclic) bond motifs is 1. The third-order valence-corrected chi connectivity index (χ3v) is 3.47. The van der Waals surface area contributed by atoms with E-state index >= 15 is 0 Å². The molecular formula is C12H16BrFN2. The lowest BCUT2D eigenvalue weighted by molar-refractivity contribution is 0.609. The van der Waals surface area contributed by atoms with Crippen LogP contribution in [0.4, 0.5) is 15.8 Å². The van der Waals surface area contributed by atoms with Gasteiger partial charge in [0.15, 0.2) is 0 Å². The van der Waals surface area contributed by atoms with Crippen LogP contribution < -0.4 is 10.6 Å². The average molecular weight is 287 g/mol. The van der Waals surface area contributed by atoms with Crippen molar-refractivity contribution < 1.29 is 4.39 Å². The smallest absolute Gasteiger partial charge is 0.139 e. The minimum absolute atomic E-state index is 0.222. The van der Waals surface area contributed by atoms with E-state index in [9.17, 15) is 4.39 Å². The maximum atomic E-state index is 13.3. The molecule has 1 heterocycles. The van der Waals surface area contributed by atoms with E-state index in [1.165, 1.54) is 18.9 Å². The number of unbranched alkanes of at least 4 members (excludes halogenated alkanes) is 1. The molecule has 16 heavy (non-hydrogen) atoms. The number of benzene rings is 1. The van der Waals surface area contributed by atoms with Gasteiger partial charge in [-0.2, -0.15) is 0 Å². The molecule has 0 saturated carbocycles. The highest BCUT2D eigenvalue weighted by molar-refractivity contribution is 9.10. The Bertz CT molecular complexity index is 382. The summed E-state index contributed by atoms with van der Waals surface area (Å²) in [5, 5.41) is 6.71. The number of nitrogens with one attached hydrogen (secondary N) is 2. The first-order chi connectivity index (χ1) is 7.70. The van der Waals surface area contributed by atoms with Crippen LogP contribution in [0.15, 0.2) is 16.6 Å². The van der Waals surface area contributed by atoms with Gasteiger partial charge >= 0.3 is 0 Å². The van der Waals surface area contributed by atoms with Gasteiger partial charge in [0.1, 0.15) is 5.82 Å². The van der Waals surface area contributed by atoms with Crippen molar-refractivity contribution in [2.24, 2.45) is 0 Å². The molecule has 2 nitrogen and oxygen atoms in total. The Morgan fingerprint density at radius 1 is 1.44 bits per heavy atom. The molecule has 1 aromatic rings. The van der Waals surface area contributed by atoms with E-state index in [4.69, 9.17) is 0 Å². The van der Waals surface area contributed by atoms with Crippen LogP contribution in [0, 0.1) is 5.82 Å². The summed E-state index contributed by atoms with van der Waals surface area (Å²) in [4.78, 5) is 0. The van der Waals surface area contributed by atoms with Gasteiger partial charge in [0.05, 0.1) is 15.8 Å². The molecular weight excluding hydrogens is 271 g/mol. The van der Waals surface area contributed by atoms with Gasteiger partial charge in [-0.25, -0.2) is 4.39 Å². The maximum Gasteiger partial charge on any atom is 0.139 e. The highest BCUT2D eigenvalue weighted by atomic mass is 79.9. The van der Waals surface area contributed by atoms with Gasteiger partial charge in [-0.05, 0) is 28.4 Å². The van der Waals surface area contributed by atoms with Gasteiger partial charge in [-0.1, -0.05) is 19.8 Å². The topological polar surface area (TPSA) is 24.1 Å². The van der Waals surface area contributed by atoms with Crippen LogP contribution in [0.1, 0.15) is 26.2 Å². The summed E-state index contributed by atoms with van der Waals surface area (Å²) in [7, 11) is 0. The second-order valence-corrected chi connectivity index (χ2v) is 5.03. The van der Waals surface area contributed by atoms with Gasteiger partial charge in [0, 0.05) is 18.7 Å². The summed E-state index contributed by atoms with van der Waals surface area (Å²) in [6.45, 7) is 3.06. The van der Waals surface area contributed by atoms with Crippen LogP contribution >= 0.6 is 15.9 Å². The minimum Gasteiger partial charge on any atom is -0.381 e. The SMILES string of the molecule is CCCCC1CNc2cc(F)c(Br)cc2N1. The highest BCUT2D eigenvalue weighted by Gasteiger charge is 2.18. The molecule has 0 amide bonds. The summed E-state index contributed by atoms with van der Waals surface area (Å²) in [6, 6.07) is 3.78. The van der Waals surface area contributed by atoms with Crippen molar-refractivity contribution in [3.63, 3.8) is 0 Å².